The van der Waals surface area contributed by atoms with E-state index in [1.807, 2.05) is 0 Å². The maximum atomic E-state index is 12.5. The van der Waals surface area contributed by atoms with Gasteiger partial charge in [0.1, 0.15) is 17.4 Å². The third-order valence-corrected chi connectivity index (χ3v) is 3.13. The molecule has 0 aliphatic rings. The molecule has 122 valence electrons. The zero-order valence-corrected chi connectivity index (χ0v) is 11.7. The monoisotopic (exact) mass is 325 g/mol. The van der Waals surface area contributed by atoms with Gasteiger partial charge in [-0.1, -0.05) is 12.1 Å². The van der Waals surface area contributed by atoms with Crippen LogP contribution in [0.2, 0.25) is 0 Å². The zero-order valence-electron chi connectivity index (χ0n) is 11.7. The number of nitrogen functional groups attached to an aromatic ring is 1. The fourth-order valence-corrected chi connectivity index (χ4v) is 1.92. The van der Waals surface area contributed by atoms with Crippen LogP contribution in [0.3, 0.4) is 0 Å². The lowest BCUT2D eigenvalue weighted by molar-refractivity contribution is -0.149. The maximum absolute atomic E-state index is 12.5. The summed E-state index contributed by atoms with van der Waals surface area (Å²) in [5.41, 5.74) is 10.5. The van der Waals surface area contributed by atoms with Gasteiger partial charge in [0.2, 0.25) is 0 Å². The molecule has 2 rings (SSSR count). The van der Waals surface area contributed by atoms with E-state index in [4.69, 9.17) is 16.9 Å². The highest BCUT2D eigenvalue weighted by molar-refractivity contribution is 6.09. The summed E-state index contributed by atoms with van der Waals surface area (Å²) in [5.74, 6) is -0.266. The molecule has 0 spiro atoms. The molecule has 0 saturated heterocycles. The molecule has 7 N–H and O–H groups in total. The van der Waals surface area contributed by atoms with Crippen molar-refractivity contribution in [2.75, 3.05) is 11.1 Å². The number of benzene rings is 1. The highest BCUT2D eigenvalue weighted by Gasteiger charge is 2.37. The molecule has 6 nitrogen and oxygen atoms in total. The molecular weight excluding hydrogens is 311 g/mol. The second-order valence-electron chi connectivity index (χ2n) is 4.78. The molecule has 0 unspecified atom stereocenters. The van der Waals surface area contributed by atoms with E-state index in [2.05, 4.69) is 10.3 Å². The number of hydrogen-bond acceptors (Lipinski definition) is 4. The van der Waals surface area contributed by atoms with Gasteiger partial charge in [0.05, 0.1) is 0 Å². The van der Waals surface area contributed by atoms with E-state index in [0.717, 1.165) is 0 Å². The van der Waals surface area contributed by atoms with Crippen LogP contribution in [-0.2, 0) is 0 Å². The van der Waals surface area contributed by atoms with Crippen LogP contribution in [-0.4, -0.2) is 17.0 Å². The predicted octanol–water partition coefficient (Wildman–Crippen LogP) is 1.96. The van der Waals surface area contributed by atoms with Gasteiger partial charge in [-0.05, 0) is 23.8 Å². The van der Waals surface area contributed by atoms with Crippen LogP contribution in [0, 0.1) is 5.41 Å². The molecule has 0 aliphatic carbocycles. The van der Waals surface area contributed by atoms with Crippen LogP contribution in [0.15, 0.2) is 41.3 Å². The van der Waals surface area contributed by atoms with Crippen LogP contribution >= 0.6 is 0 Å². The third-order valence-electron chi connectivity index (χ3n) is 3.13. The van der Waals surface area contributed by atoms with Crippen LogP contribution in [0.25, 0.3) is 0 Å². The second-order valence-corrected chi connectivity index (χ2v) is 4.78. The Morgan fingerprint density at radius 3 is 2.35 bits per heavy atom. The Balaban J connectivity index is 2.19. The van der Waals surface area contributed by atoms with Crippen LogP contribution < -0.4 is 22.3 Å². The number of aromatic amines is 1. The van der Waals surface area contributed by atoms with E-state index in [9.17, 15) is 18.0 Å². The van der Waals surface area contributed by atoms with Gasteiger partial charge in [0.25, 0.3) is 5.56 Å². The lowest BCUT2D eigenvalue weighted by atomic mass is 10.1. The lowest BCUT2D eigenvalue weighted by Gasteiger charge is -2.16. The molecule has 1 aromatic heterocycles. The zero-order chi connectivity index (χ0) is 17.2. The van der Waals surface area contributed by atoms with E-state index in [1.54, 1.807) is 0 Å². The molecule has 0 saturated carbocycles. The molecule has 1 heterocycles. The van der Waals surface area contributed by atoms with Crippen molar-refractivity contribution < 1.29 is 13.2 Å². The summed E-state index contributed by atoms with van der Waals surface area (Å²) in [5, 5.41) is 10.5. The number of nitrogens with two attached hydrogens (primary N) is 2. The first-order valence-electron chi connectivity index (χ1n) is 6.45. The molecule has 1 aromatic carbocycles. The first kappa shape index (κ1) is 16.6. The minimum Gasteiger partial charge on any atom is -0.398 e. The first-order valence-corrected chi connectivity index (χ1v) is 6.45. The fourth-order valence-electron chi connectivity index (χ4n) is 1.92. The molecule has 0 bridgehead atoms. The summed E-state index contributed by atoms with van der Waals surface area (Å²) in [6.07, 6.45) is -3.19. The summed E-state index contributed by atoms with van der Waals surface area (Å²) >= 11 is 0. The topological polar surface area (TPSA) is 121 Å². The highest BCUT2D eigenvalue weighted by Crippen LogP contribution is 2.30. The molecule has 23 heavy (non-hydrogen) atoms. The van der Waals surface area contributed by atoms with Gasteiger partial charge in [-0.2, -0.15) is 13.2 Å². The molecule has 9 heteroatoms. The number of anilines is 2. The lowest BCUT2D eigenvalue weighted by Crippen LogP contribution is -2.28. The minimum atomic E-state index is -4.53. The van der Waals surface area contributed by atoms with Crippen LogP contribution in [0.5, 0.6) is 0 Å². The number of aromatic nitrogens is 1. The first-order chi connectivity index (χ1) is 10.7. The molecular formula is C14H14F3N5O. The van der Waals surface area contributed by atoms with Crippen molar-refractivity contribution in [3.63, 3.8) is 0 Å². The van der Waals surface area contributed by atoms with Crippen molar-refractivity contribution in [1.29, 1.82) is 5.41 Å². The Labute approximate surface area is 128 Å². The van der Waals surface area contributed by atoms with Gasteiger partial charge in [-0.15, -0.1) is 0 Å². The summed E-state index contributed by atoms with van der Waals surface area (Å²) in [7, 11) is 0. The molecule has 0 radical (unpaired) electrons. The Morgan fingerprint density at radius 2 is 1.83 bits per heavy atom. The Bertz CT molecular complexity index is 767. The van der Waals surface area contributed by atoms with Gasteiger partial charge in [-0.25, -0.2) is 0 Å². The van der Waals surface area contributed by atoms with Gasteiger partial charge in [0, 0.05) is 17.6 Å². The molecule has 2 aromatic rings. The summed E-state index contributed by atoms with van der Waals surface area (Å²) in [6, 6.07) is 4.42. The standard InChI is InChI=1S/C14H14F3N5O/c15-14(16,17)11(19)7-1-3-8(4-2-7)22-12(20)10-9(18)5-6-21-13(10)23/h1-6,11H,19H2,(H2,20,22)(H3,18,21,23)/t11-/m0/s1. The van der Waals surface area contributed by atoms with Crippen molar-refractivity contribution in [2.24, 2.45) is 5.73 Å². The van der Waals surface area contributed by atoms with Crippen molar-refractivity contribution in [2.45, 2.75) is 12.2 Å². The largest absolute Gasteiger partial charge is 0.407 e. The highest BCUT2D eigenvalue weighted by atomic mass is 19.4. The number of hydrogen-bond donors (Lipinski definition) is 5. The number of alkyl halides is 3. The maximum Gasteiger partial charge on any atom is 0.407 e. The van der Waals surface area contributed by atoms with E-state index >= 15 is 0 Å². The fraction of sp³-hybridized carbons (Fsp3) is 0.143. The average Bonchev–Trinajstić information content (AvgIpc) is 2.46. The molecule has 0 fully saturated rings. The molecule has 0 aliphatic heterocycles. The summed E-state index contributed by atoms with van der Waals surface area (Å²) in [6.45, 7) is 0. The van der Waals surface area contributed by atoms with Crippen LogP contribution in [0.4, 0.5) is 24.5 Å². The minimum absolute atomic E-state index is 0.0523. The van der Waals surface area contributed by atoms with Crippen LogP contribution in [0.1, 0.15) is 17.2 Å². The van der Waals surface area contributed by atoms with Gasteiger partial charge < -0.3 is 21.8 Å². The van der Waals surface area contributed by atoms with Gasteiger partial charge in [-0.3, -0.25) is 10.2 Å². The predicted molar refractivity (Wildman–Crippen MR) is 81.4 cm³/mol. The number of H-pyrrole nitrogens is 1. The van der Waals surface area contributed by atoms with Crippen molar-refractivity contribution in [3.8, 4) is 0 Å². The van der Waals surface area contributed by atoms with Gasteiger partial charge >= 0.3 is 6.18 Å². The number of amidine groups is 1. The third kappa shape index (κ3) is 3.69. The van der Waals surface area contributed by atoms with E-state index in [0.29, 0.717) is 5.69 Å². The SMILES string of the molecule is N=C(Nc1ccc([C@H](N)C(F)(F)F)cc1)c1c(N)cc[nH]c1=O. The number of nitrogens with one attached hydrogen (secondary N) is 3. The van der Waals surface area contributed by atoms with E-state index in [1.165, 1.54) is 36.5 Å². The molecule has 0 amide bonds. The van der Waals surface area contributed by atoms with Crippen molar-refractivity contribution >= 4 is 17.2 Å². The Morgan fingerprint density at radius 1 is 1.22 bits per heavy atom. The molecule has 1 atom stereocenters. The second kappa shape index (κ2) is 6.13. The van der Waals surface area contributed by atoms with Gasteiger partial charge in [0.15, 0.2) is 0 Å². The normalized spacial score (nSPS) is 12.7. The Kier molecular flexibility index (Phi) is 4.41. The van der Waals surface area contributed by atoms with Crippen molar-refractivity contribution in [1.82, 2.24) is 4.98 Å². The summed E-state index contributed by atoms with van der Waals surface area (Å²) in [4.78, 5) is 14.1. The van der Waals surface area contributed by atoms with E-state index < -0.39 is 17.8 Å². The average molecular weight is 325 g/mol. The smallest absolute Gasteiger partial charge is 0.398 e. The van der Waals surface area contributed by atoms with E-state index in [-0.39, 0.29) is 22.6 Å². The number of pyridine rings is 1. The number of rotatable bonds is 3. The Hall–Kier alpha value is -2.81. The summed E-state index contributed by atoms with van der Waals surface area (Å²) < 4.78 is 37.6. The number of halogens is 3. The quantitative estimate of drug-likeness (QED) is 0.437. The van der Waals surface area contributed by atoms with Crippen molar-refractivity contribution in [3.05, 3.63) is 58.0 Å².